The molecule has 1 aromatic heterocycles. The Hall–Kier alpha value is -8.74. The largest absolute Gasteiger partial charge is 0.481 e. The summed E-state index contributed by atoms with van der Waals surface area (Å²) in [6.45, 7) is 8.89. The van der Waals surface area contributed by atoms with E-state index in [-0.39, 0.29) is 25.7 Å². The molecule has 0 fully saturated rings. The van der Waals surface area contributed by atoms with Crippen molar-refractivity contribution in [2.24, 2.45) is 35.0 Å². The maximum absolute atomic E-state index is 14.1. The number of carboxylic acids is 4. The molecule has 0 aliphatic heterocycles. The molecule has 1 heterocycles. The Morgan fingerprint density at radius 1 is 0.536 bits per heavy atom. The van der Waals surface area contributed by atoms with Crippen molar-refractivity contribution < 1.29 is 87.5 Å². The second kappa shape index (κ2) is 35.3. The van der Waals surface area contributed by atoms with E-state index in [1.54, 1.807) is 52.0 Å². The first kappa shape index (κ1) is 71.4. The summed E-state index contributed by atoms with van der Waals surface area (Å²) in [5.74, 6) is -18.3. The number of aromatic nitrogens is 1. The van der Waals surface area contributed by atoms with Crippen LogP contribution in [0.15, 0.2) is 30.5 Å². The number of amides is 10. The number of para-hydroxylation sites is 1. The van der Waals surface area contributed by atoms with E-state index in [0.29, 0.717) is 35.9 Å². The highest BCUT2D eigenvalue weighted by Gasteiger charge is 2.37. The van der Waals surface area contributed by atoms with Gasteiger partial charge in [0.15, 0.2) is 0 Å². The monoisotopic (exact) mass is 1190 g/mol. The van der Waals surface area contributed by atoms with Crippen LogP contribution in [-0.2, 0) is 73.5 Å². The number of primary amides is 1. The van der Waals surface area contributed by atoms with Crippen molar-refractivity contribution in [2.75, 3.05) is 13.1 Å². The molecule has 20 N–H and O–H groups in total. The summed E-state index contributed by atoms with van der Waals surface area (Å²) in [7, 11) is 0. The number of fused-ring (bicyclic) bond motifs is 1. The average molecular weight is 1190 g/mol. The van der Waals surface area contributed by atoms with Gasteiger partial charge in [-0.25, -0.2) is 4.79 Å². The summed E-state index contributed by atoms with van der Waals surface area (Å²) in [5.41, 5.74) is 17.9. The van der Waals surface area contributed by atoms with E-state index in [2.05, 4.69) is 52.8 Å². The van der Waals surface area contributed by atoms with Gasteiger partial charge >= 0.3 is 23.9 Å². The molecule has 0 bridgehead atoms. The van der Waals surface area contributed by atoms with Crippen molar-refractivity contribution in [3.63, 3.8) is 0 Å². The van der Waals surface area contributed by atoms with Gasteiger partial charge in [0.2, 0.25) is 59.1 Å². The third-order valence-corrected chi connectivity index (χ3v) is 13.4. The number of aromatic amines is 1. The molecule has 2 rings (SSSR count). The third-order valence-electron chi connectivity index (χ3n) is 13.4. The van der Waals surface area contributed by atoms with Crippen LogP contribution < -0.4 is 65.1 Å². The van der Waals surface area contributed by atoms with Crippen LogP contribution in [0.25, 0.3) is 10.9 Å². The zero-order valence-electron chi connectivity index (χ0n) is 47.7. The van der Waals surface area contributed by atoms with Crippen molar-refractivity contribution in [1.82, 2.24) is 52.8 Å². The van der Waals surface area contributed by atoms with Gasteiger partial charge in [-0.3, -0.25) is 62.3 Å². The molecule has 10 atom stereocenters. The quantitative estimate of drug-likeness (QED) is 0.0291. The van der Waals surface area contributed by atoms with Crippen LogP contribution in [0.3, 0.4) is 0 Å². The lowest BCUT2D eigenvalue weighted by Gasteiger charge is -2.29. The molecule has 0 aliphatic rings. The Morgan fingerprint density at radius 2 is 1.02 bits per heavy atom. The molecule has 31 heteroatoms. The van der Waals surface area contributed by atoms with Crippen molar-refractivity contribution in [2.45, 2.75) is 167 Å². The SMILES string of the molecule is CC[C@H](C)[C@H](NC(=O)CNC(=O)[C@@H](NC(=O)[C@H](CCC(=O)O)NC(=O)[C@@H](N)CCCCN)C(C)C)C(=O)N[C@@H](CCC(N)=O)C(=O)N[C@H](C(=O)N[C@@H](CC(=O)O)C(=O)N[C@@H](Cc1c[nH]c2ccccc12)C(=O)N[C@@H](CC(=O)O)C(=O)O)C(C)C. The fourth-order valence-corrected chi connectivity index (χ4v) is 8.35. The van der Waals surface area contributed by atoms with E-state index >= 15 is 0 Å². The van der Waals surface area contributed by atoms with Gasteiger partial charge in [-0.2, -0.15) is 0 Å². The molecule has 84 heavy (non-hydrogen) atoms. The lowest BCUT2D eigenvalue weighted by atomic mass is 9.97. The Kier molecular flexibility index (Phi) is 30.0. The number of rotatable bonds is 39. The number of hydrogen-bond acceptors (Lipinski definition) is 16. The van der Waals surface area contributed by atoms with Crippen molar-refractivity contribution in [3.8, 4) is 0 Å². The van der Waals surface area contributed by atoms with E-state index < -0.39 is 194 Å². The molecule has 466 valence electrons. The first-order valence-corrected chi connectivity index (χ1v) is 27.3. The maximum atomic E-state index is 14.1. The minimum Gasteiger partial charge on any atom is -0.481 e. The van der Waals surface area contributed by atoms with Crippen LogP contribution in [0, 0.1) is 17.8 Å². The fourth-order valence-electron chi connectivity index (χ4n) is 8.35. The number of carbonyl (C=O) groups is 14. The summed E-state index contributed by atoms with van der Waals surface area (Å²) in [6, 6.07) is -7.33. The number of aliphatic carboxylic acids is 4. The molecular weight excluding hydrogens is 1110 g/mol. The van der Waals surface area contributed by atoms with Gasteiger partial charge in [-0.1, -0.05) is 72.6 Å². The highest BCUT2D eigenvalue weighted by Crippen LogP contribution is 2.20. The second-order valence-corrected chi connectivity index (χ2v) is 20.8. The lowest BCUT2D eigenvalue weighted by molar-refractivity contribution is -0.147. The highest BCUT2D eigenvalue weighted by molar-refractivity contribution is 5.99. The molecule has 1 aromatic carbocycles. The highest BCUT2D eigenvalue weighted by atomic mass is 16.4. The Bertz CT molecular complexity index is 2680. The van der Waals surface area contributed by atoms with Crippen LogP contribution in [0.2, 0.25) is 0 Å². The van der Waals surface area contributed by atoms with Gasteiger partial charge in [0, 0.05) is 36.4 Å². The lowest BCUT2D eigenvalue weighted by Crippen LogP contribution is -2.61. The predicted molar refractivity (Wildman–Crippen MR) is 298 cm³/mol. The minimum absolute atomic E-state index is 0.232. The summed E-state index contributed by atoms with van der Waals surface area (Å²) >= 11 is 0. The number of benzene rings is 1. The standard InChI is InChI=1S/C53H81N13O18/c1-7-27(6)44(64-38(68)24-58-50(80)42(25(2)3)65-47(77)33(16-18-39(69)70)59-45(75)30(55)13-10-11-19-54)52(82)60-32(15-17-37(56)67)46(76)66-43(26(4)5)51(81)62-35(21-40(71)72)49(79)61-34(48(78)63-36(53(83)84)22-41(73)74)20-28-23-57-31-14-9-8-12-29(28)31/h8-9,12,14,23,25-27,30,32-36,42-44,57H,7,10-11,13,15-22,24,54-55H2,1-6H3,(H2,56,67)(H,58,80)(H,59,75)(H,60,82)(H,61,79)(H,62,81)(H,63,78)(H,64,68)(H,65,77)(H,66,76)(H,69,70)(H,71,72)(H,73,74)(H,83,84)/t27-,30-,32-,33-,34-,35-,36-,42-,43-,44-/m0/s1. The summed E-state index contributed by atoms with van der Waals surface area (Å²) in [6.07, 6.45) is -1.26. The molecule has 0 radical (unpaired) electrons. The van der Waals surface area contributed by atoms with Gasteiger partial charge in [0.05, 0.1) is 25.4 Å². The summed E-state index contributed by atoms with van der Waals surface area (Å²) < 4.78 is 0. The van der Waals surface area contributed by atoms with Gasteiger partial charge < -0.3 is 90.5 Å². The molecule has 10 amide bonds. The topological polar surface area (TPSA) is 522 Å². The van der Waals surface area contributed by atoms with E-state index in [0.717, 1.165) is 0 Å². The average Bonchev–Trinajstić information content (AvgIpc) is 3.62. The molecule has 0 saturated heterocycles. The third kappa shape index (κ3) is 24.4. The zero-order chi connectivity index (χ0) is 63.5. The first-order chi connectivity index (χ1) is 39.4. The molecule has 2 aromatic rings. The smallest absolute Gasteiger partial charge is 0.326 e. The number of unbranched alkanes of at least 4 members (excludes halogenated alkanes) is 1. The van der Waals surface area contributed by atoms with Crippen LogP contribution >= 0.6 is 0 Å². The minimum atomic E-state index is -1.98. The Labute approximate surface area is 483 Å². The number of carbonyl (C=O) groups excluding carboxylic acids is 10. The first-order valence-electron chi connectivity index (χ1n) is 27.3. The van der Waals surface area contributed by atoms with Crippen LogP contribution in [0.4, 0.5) is 0 Å². The van der Waals surface area contributed by atoms with Crippen molar-refractivity contribution in [1.29, 1.82) is 0 Å². The van der Waals surface area contributed by atoms with Gasteiger partial charge in [0.1, 0.15) is 48.3 Å². The van der Waals surface area contributed by atoms with Crippen molar-refractivity contribution >= 4 is 93.9 Å². The Morgan fingerprint density at radius 3 is 1.56 bits per heavy atom. The van der Waals surface area contributed by atoms with Gasteiger partial charge in [0.25, 0.3) is 0 Å². The van der Waals surface area contributed by atoms with E-state index in [4.69, 9.17) is 17.2 Å². The summed E-state index contributed by atoms with van der Waals surface area (Å²) in [5, 5.41) is 60.0. The maximum Gasteiger partial charge on any atom is 0.326 e. The van der Waals surface area contributed by atoms with Crippen molar-refractivity contribution in [3.05, 3.63) is 36.0 Å². The number of nitrogens with one attached hydrogen (secondary N) is 10. The number of carboxylic acid groups (broad SMARTS) is 4. The number of hydrogen-bond donors (Lipinski definition) is 17. The van der Waals surface area contributed by atoms with Crippen LogP contribution in [-0.4, -0.2) is 176 Å². The molecular formula is C53H81N13O18. The van der Waals surface area contributed by atoms with E-state index in [9.17, 15) is 87.5 Å². The van der Waals surface area contributed by atoms with Crippen LogP contribution in [0.1, 0.15) is 111 Å². The normalized spacial score (nSPS) is 14.7. The molecule has 0 unspecified atom stereocenters. The van der Waals surface area contributed by atoms with Gasteiger partial charge in [-0.05, 0) is 61.6 Å². The van der Waals surface area contributed by atoms with E-state index in [1.165, 1.54) is 20.0 Å². The van der Waals surface area contributed by atoms with Crippen LogP contribution in [0.5, 0.6) is 0 Å². The summed E-state index contributed by atoms with van der Waals surface area (Å²) in [4.78, 5) is 185. The Balaban J connectivity index is 2.34. The molecule has 0 aliphatic carbocycles. The number of nitrogens with two attached hydrogens (primary N) is 3. The fraction of sp³-hybridized carbons (Fsp3) is 0.585. The van der Waals surface area contributed by atoms with E-state index in [1.807, 2.05) is 0 Å². The number of H-pyrrole nitrogens is 1. The second-order valence-electron chi connectivity index (χ2n) is 20.8. The molecule has 0 saturated carbocycles. The molecule has 31 nitrogen and oxygen atoms in total. The molecule has 0 spiro atoms. The predicted octanol–water partition coefficient (Wildman–Crippen LogP) is -3.32. The van der Waals surface area contributed by atoms with Gasteiger partial charge in [-0.15, -0.1) is 0 Å². The zero-order valence-corrected chi connectivity index (χ0v) is 47.7.